The van der Waals surface area contributed by atoms with Gasteiger partial charge in [-0.3, -0.25) is 9.78 Å². The number of carbonyl (C=O) groups is 2. The van der Waals surface area contributed by atoms with Crippen molar-refractivity contribution in [1.29, 1.82) is 0 Å². The van der Waals surface area contributed by atoms with Gasteiger partial charge < -0.3 is 24.8 Å². The number of hydrogen-bond acceptors (Lipinski definition) is 7. The van der Waals surface area contributed by atoms with Gasteiger partial charge in [0, 0.05) is 43.7 Å². The predicted octanol–water partition coefficient (Wildman–Crippen LogP) is 3.10. The quantitative estimate of drug-likeness (QED) is 0.376. The minimum atomic E-state index is -0.970. The summed E-state index contributed by atoms with van der Waals surface area (Å²) in [6.07, 6.45) is 5.76. The Hall–Kier alpha value is -4.77. The summed E-state index contributed by atoms with van der Waals surface area (Å²) < 4.78 is 26.1. The van der Waals surface area contributed by atoms with Crippen molar-refractivity contribution in [3.8, 4) is 11.5 Å². The number of fused-ring (bicyclic) bond motifs is 1. The lowest BCUT2D eigenvalue weighted by Crippen LogP contribution is -2.50. The number of aliphatic hydroxyl groups is 1. The van der Waals surface area contributed by atoms with Crippen LogP contribution in [0.1, 0.15) is 22.8 Å². The lowest BCUT2D eigenvalue weighted by molar-refractivity contribution is -0.120. The summed E-state index contributed by atoms with van der Waals surface area (Å²) in [5, 5.41) is 17.1. The fourth-order valence-electron chi connectivity index (χ4n) is 4.18. The third-order valence-electron chi connectivity index (χ3n) is 6.24. The van der Waals surface area contributed by atoms with Crippen molar-refractivity contribution >= 4 is 17.6 Å². The number of likely N-dealkylation sites (N-methyl/N-ethyl adjacent to an activating group) is 1. The minimum absolute atomic E-state index is 0.00719. The molecule has 11 heteroatoms. The maximum absolute atomic E-state index is 13.5. The molecule has 0 spiro atoms. The van der Waals surface area contributed by atoms with Crippen LogP contribution >= 0.6 is 0 Å². The average Bonchev–Trinajstić information content (AvgIpc) is 3.38. The molecule has 2 aromatic heterocycles. The van der Waals surface area contributed by atoms with E-state index in [0.717, 1.165) is 10.2 Å². The van der Waals surface area contributed by atoms with Crippen molar-refractivity contribution in [1.82, 2.24) is 20.1 Å². The van der Waals surface area contributed by atoms with Crippen LogP contribution in [0.3, 0.4) is 0 Å². The molecule has 0 saturated carbocycles. The Morgan fingerprint density at radius 1 is 1.21 bits per heavy atom. The molecule has 0 radical (unpaired) electrons. The summed E-state index contributed by atoms with van der Waals surface area (Å²) in [5.41, 5.74) is 2.54. The third kappa shape index (κ3) is 6.04. The number of aromatic nitrogens is 3. The third-order valence-corrected chi connectivity index (χ3v) is 6.24. The topological polar surface area (TPSA) is 119 Å². The van der Waals surface area contributed by atoms with E-state index in [4.69, 9.17) is 9.47 Å². The second-order valence-corrected chi connectivity index (χ2v) is 9.05. The molecule has 0 bridgehead atoms. The number of nitrogens with zero attached hydrogens (tertiary/aromatic N) is 4. The van der Waals surface area contributed by atoms with Crippen LogP contribution in [-0.4, -0.2) is 58.1 Å². The molecule has 1 aliphatic rings. The maximum atomic E-state index is 13.5. The van der Waals surface area contributed by atoms with Crippen LogP contribution in [0, 0.1) is 5.82 Å². The Labute approximate surface area is 223 Å². The first-order valence-electron chi connectivity index (χ1n) is 12.2. The Morgan fingerprint density at radius 3 is 2.87 bits per heavy atom. The van der Waals surface area contributed by atoms with Crippen molar-refractivity contribution in [2.75, 3.05) is 25.2 Å². The summed E-state index contributed by atoms with van der Waals surface area (Å²) >= 11 is 0. The molecule has 2 N–H and O–H groups in total. The van der Waals surface area contributed by atoms with Crippen molar-refractivity contribution in [2.24, 2.45) is 0 Å². The van der Waals surface area contributed by atoms with E-state index in [2.05, 4.69) is 15.4 Å². The zero-order valence-corrected chi connectivity index (χ0v) is 21.0. The first-order valence-corrected chi connectivity index (χ1v) is 12.2. The van der Waals surface area contributed by atoms with Crippen molar-refractivity contribution in [2.45, 2.75) is 18.6 Å². The standard InChI is InChI=1S/C28H26FN5O5/c1-33-24-12-22(38-17-25(35)20-5-3-9-30-14-20)7-8-26(24)39-16-23(27(33)36)32-28(37)34-15-19(13-31-34)10-18-4-2-6-21(29)11-18/h2-9,11-15,23,25,35H,10,16-17H2,1H3,(H,32,37)/t23-,25?/m0/s1. The van der Waals surface area contributed by atoms with E-state index in [0.29, 0.717) is 34.7 Å². The second kappa shape index (κ2) is 11.3. The van der Waals surface area contributed by atoms with Gasteiger partial charge in [0.15, 0.2) is 0 Å². The van der Waals surface area contributed by atoms with E-state index < -0.39 is 18.2 Å². The van der Waals surface area contributed by atoms with Gasteiger partial charge in [-0.15, -0.1) is 0 Å². The van der Waals surface area contributed by atoms with E-state index in [-0.39, 0.29) is 24.9 Å². The van der Waals surface area contributed by atoms with Crippen LogP contribution < -0.4 is 19.7 Å². The number of carbonyl (C=O) groups excluding carboxylic acids is 2. The highest BCUT2D eigenvalue weighted by Gasteiger charge is 2.31. The van der Waals surface area contributed by atoms with Crippen molar-refractivity contribution in [3.63, 3.8) is 0 Å². The van der Waals surface area contributed by atoms with Crippen molar-refractivity contribution in [3.05, 3.63) is 102 Å². The number of benzene rings is 2. The van der Waals surface area contributed by atoms with E-state index in [9.17, 15) is 19.1 Å². The number of aliphatic hydroxyl groups excluding tert-OH is 1. The van der Waals surface area contributed by atoms with Gasteiger partial charge in [0.25, 0.3) is 5.91 Å². The largest absolute Gasteiger partial charge is 0.490 e. The highest BCUT2D eigenvalue weighted by Crippen LogP contribution is 2.34. The second-order valence-electron chi connectivity index (χ2n) is 9.05. The van der Waals surface area contributed by atoms with Gasteiger partial charge in [-0.2, -0.15) is 9.78 Å². The highest BCUT2D eigenvalue weighted by atomic mass is 19.1. The number of hydrogen-bond donors (Lipinski definition) is 2. The molecular weight excluding hydrogens is 505 g/mol. The predicted molar refractivity (Wildman–Crippen MR) is 139 cm³/mol. The summed E-state index contributed by atoms with van der Waals surface area (Å²) in [4.78, 5) is 31.4. The van der Waals surface area contributed by atoms with E-state index in [1.165, 1.54) is 29.4 Å². The Balaban J connectivity index is 1.22. The molecule has 5 rings (SSSR count). The zero-order valence-electron chi connectivity index (χ0n) is 21.0. The van der Waals surface area contributed by atoms with Crippen LogP contribution in [0.2, 0.25) is 0 Å². The Bertz CT molecular complexity index is 1480. The van der Waals surface area contributed by atoms with Crippen LogP contribution in [-0.2, 0) is 11.2 Å². The van der Waals surface area contributed by atoms with Gasteiger partial charge in [-0.1, -0.05) is 18.2 Å². The normalized spacial score (nSPS) is 15.6. The van der Waals surface area contributed by atoms with Gasteiger partial charge in [0.2, 0.25) is 0 Å². The lowest BCUT2D eigenvalue weighted by Gasteiger charge is -2.21. The summed E-state index contributed by atoms with van der Waals surface area (Å²) in [6.45, 7) is -0.0913. The molecule has 2 aromatic carbocycles. The molecule has 0 saturated heterocycles. The lowest BCUT2D eigenvalue weighted by atomic mass is 10.1. The number of pyridine rings is 1. The Kier molecular flexibility index (Phi) is 7.50. The monoisotopic (exact) mass is 531 g/mol. The van der Waals surface area contributed by atoms with Crippen LogP contribution in [0.25, 0.3) is 0 Å². The summed E-state index contributed by atoms with van der Waals surface area (Å²) in [7, 11) is 1.58. The molecule has 10 nitrogen and oxygen atoms in total. The molecule has 4 aromatic rings. The SMILES string of the molecule is CN1C(=O)[C@@H](NC(=O)n2cc(Cc3cccc(F)c3)cn2)COc2ccc(OCC(O)c3cccnc3)cc21. The molecule has 2 amide bonds. The number of ether oxygens (including phenoxy) is 2. The molecule has 39 heavy (non-hydrogen) atoms. The fourth-order valence-corrected chi connectivity index (χ4v) is 4.18. The molecule has 3 heterocycles. The summed E-state index contributed by atoms with van der Waals surface area (Å²) in [5.74, 6) is 0.154. The summed E-state index contributed by atoms with van der Waals surface area (Å²) in [6, 6.07) is 13.1. The van der Waals surface area contributed by atoms with Crippen LogP contribution in [0.4, 0.5) is 14.9 Å². The molecule has 0 fully saturated rings. The van der Waals surface area contributed by atoms with Crippen LogP contribution in [0.15, 0.2) is 79.4 Å². The molecule has 0 aliphatic carbocycles. The number of anilines is 1. The average molecular weight is 532 g/mol. The highest BCUT2D eigenvalue weighted by molar-refractivity contribution is 6.00. The first-order chi connectivity index (χ1) is 18.9. The van der Waals surface area contributed by atoms with E-state index in [1.54, 1.807) is 61.9 Å². The van der Waals surface area contributed by atoms with E-state index >= 15 is 0 Å². The minimum Gasteiger partial charge on any atom is -0.490 e. The van der Waals surface area contributed by atoms with Crippen LogP contribution in [0.5, 0.6) is 11.5 Å². The number of amides is 2. The van der Waals surface area contributed by atoms with E-state index in [1.807, 2.05) is 0 Å². The first kappa shape index (κ1) is 25.9. The Morgan fingerprint density at radius 2 is 2.08 bits per heavy atom. The van der Waals surface area contributed by atoms with Gasteiger partial charge in [-0.25, -0.2) is 9.18 Å². The fraction of sp³-hybridized carbons (Fsp3) is 0.214. The van der Waals surface area contributed by atoms with Gasteiger partial charge >= 0.3 is 6.03 Å². The molecule has 1 unspecified atom stereocenters. The van der Waals surface area contributed by atoms with Gasteiger partial charge in [0.1, 0.15) is 42.7 Å². The number of nitrogens with one attached hydrogen (secondary N) is 1. The number of rotatable bonds is 7. The molecule has 2 atom stereocenters. The zero-order chi connectivity index (χ0) is 27.4. The smallest absolute Gasteiger partial charge is 0.342 e. The van der Waals surface area contributed by atoms with Crippen molar-refractivity contribution < 1.29 is 28.6 Å². The maximum Gasteiger partial charge on any atom is 0.342 e. The van der Waals surface area contributed by atoms with Gasteiger partial charge in [-0.05, 0) is 41.5 Å². The molecule has 1 aliphatic heterocycles. The molecular formula is C28H26FN5O5. The van der Waals surface area contributed by atoms with Gasteiger partial charge in [0.05, 0.1) is 11.9 Å². The molecule has 200 valence electrons. The number of halogens is 1.